The third kappa shape index (κ3) is 2.79. The van der Waals surface area contributed by atoms with Gasteiger partial charge in [0.2, 0.25) is 0 Å². The lowest BCUT2D eigenvalue weighted by Gasteiger charge is -1.97. The molecule has 0 N–H and O–H groups in total. The van der Waals surface area contributed by atoms with Crippen molar-refractivity contribution in [1.29, 1.82) is 0 Å². The van der Waals surface area contributed by atoms with Crippen molar-refractivity contribution < 1.29 is 9.53 Å². The topological polar surface area (TPSA) is 39.2 Å². The van der Waals surface area contributed by atoms with Gasteiger partial charge in [-0.2, -0.15) is 0 Å². The first-order valence-electron chi connectivity index (χ1n) is 5.07. The molecule has 0 radical (unpaired) electrons. The van der Waals surface area contributed by atoms with Crippen molar-refractivity contribution >= 4 is 18.1 Å². The first-order valence-corrected chi connectivity index (χ1v) is 5.07. The van der Waals surface area contributed by atoms with Gasteiger partial charge in [0, 0.05) is 0 Å². The number of aromatic nitrogens is 1. The molecule has 0 bridgehead atoms. The lowest BCUT2D eigenvalue weighted by molar-refractivity contribution is 0.0593. The van der Waals surface area contributed by atoms with Crippen LogP contribution in [0.15, 0.2) is 24.3 Å². The summed E-state index contributed by atoms with van der Waals surface area (Å²) in [6, 6.07) is 3.52. The van der Waals surface area contributed by atoms with Crippen LogP contribution < -0.4 is 10.6 Å². The summed E-state index contributed by atoms with van der Waals surface area (Å²) in [7, 11) is 1.35. The van der Waals surface area contributed by atoms with E-state index in [0.717, 1.165) is 10.6 Å². The highest BCUT2D eigenvalue weighted by atomic mass is 16.5. The zero-order chi connectivity index (χ0) is 12.0. The van der Waals surface area contributed by atoms with Crippen molar-refractivity contribution in [2.24, 2.45) is 0 Å². The van der Waals surface area contributed by atoms with Crippen LogP contribution in [-0.2, 0) is 4.74 Å². The SMILES string of the molecule is C\C=C/C=c1/nc(C(=O)OC)cc/c1=C/C. The first-order chi connectivity index (χ1) is 7.72. The highest BCUT2D eigenvalue weighted by molar-refractivity contribution is 5.86. The van der Waals surface area contributed by atoms with Gasteiger partial charge in [-0.25, -0.2) is 9.78 Å². The number of allylic oxidation sites excluding steroid dienone is 2. The van der Waals surface area contributed by atoms with Crippen LogP contribution >= 0.6 is 0 Å². The average Bonchev–Trinajstić information content (AvgIpc) is 2.34. The highest BCUT2D eigenvalue weighted by Gasteiger charge is 2.05. The standard InChI is InChI=1S/C13H15NO2/c1-4-6-7-11-10(5-2)8-9-12(14-11)13(15)16-3/h4-9H,1-3H3/b6-4-,10-5-,11-7+. The van der Waals surface area contributed by atoms with E-state index in [-0.39, 0.29) is 0 Å². The minimum Gasteiger partial charge on any atom is -0.464 e. The van der Waals surface area contributed by atoms with E-state index >= 15 is 0 Å². The van der Waals surface area contributed by atoms with Gasteiger partial charge >= 0.3 is 5.97 Å². The van der Waals surface area contributed by atoms with Crippen LogP contribution in [0.2, 0.25) is 0 Å². The fraction of sp³-hybridized carbons (Fsp3) is 0.231. The third-order valence-corrected chi connectivity index (χ3v) is 2.11. The molecule has 0 amide bonds. The number of esters is 1. The van der Waals surface area contributed by atoms with Gasteiger partial charge in [-0.1, -0.05) is 24.3 Å². The van der Waals surface area contributed by atoms with Gasteiger partial charge in [-0.3, -0.25) is 0 Å². The number of methoxy groups -OCH3 is 1. The fourth-order valence-corrected chi connectivity index (χ4v) is 1.27. The van der Waals surface area contributed by atoms with Crippen LogP contribution in [0.3, 0.4) is 0 Å². The van der Waals surface area contributed by atoms with E-state index in [9.17, 15) is 4.79 Å². The van der Waals surface area contributed by atoms with E-state index in [1.165, 1.54) is 7.11 Å². The normalized spacial score (nSPS) is 13.4. The number of pyridine rings is 1. The van der Waals surface area contributed by atoms with Gasteiger partial charge in [0.1, 0.15) is 5.69 Å². The van der Waals surface area contributed by atoms with Gasteiger partial charge in [-0.15, -0.1) is 0 Å². The molecule has 0 fully saturated rings. The van der Waals surface area contributed by atoms with Gasteiger partial charge < -0.3 is 4.74 Å². The quantitative estimate of drug-likeness (QED) is 0.694. The summed E-state index contributed by atoms with van der Waals surface area (Å²) < 4.78 is 4.63. The molecule has 0 unspecified atom stereocenters. The highest BCUT2D eigenvalue weighted by Crippen LogP contribution is 1.90. The van der Waals surface area contributed by atoms with E-state index in [2.05, 4.69) is 9.72 Å². The molecule has 0 aliphatic carbocycles. The lowest BCUT2D eigenvalue weighted by Crippen LogP contribution is -2.29. The van der Waals surface area contributed by atoms with Crippen LogP contribution in [0.1, 0.15) is 24.3 Å². The van der Waals surface area contributed by atoms with Crippen molar-refractivity contribution in [2.45, 2.75) is 13.8 Å². The molecule has 0 aliphatic rings. The first kappa shape index (κ1) is 12.2. The van der Waals surface area contributed by atoms with Crippen molar-refractivity contribution in [3.63, 3.8) is 0 Å². The molecular formula is C13H15NO2. The van der Waals surface area contributed by atoms with Crippen LogP contribution in [0.4, 0.5) is 0 Å². The Morgan fingerprint density at radius 2 is 2.12 bits per heavy atom. The molecular weight excluding hydrogens is 202 g/mol. The molecule has 0 spiro atoms. The summed E-state index contributed by atoms with van der Waals surface area (Å²) in [6.45, 7) is 3.86. The predicted molar refractivity (Wildman–Crippen MR) is 64.2 cm³/mol. The zero-order valence-corrected chi connectivity index (χ0v) is 9.73. The number of carbonyl (C=O) groups excluding carboxylic acids is 1. The lowest BCUT2D eigenvalue weighted by atomic mass is 10.2. The minimum atomic E-state index is -0.419. The van der Waals surface area contributed by atoms with Gasteiger partial charge in [-0.05, 0) is 31.2 Å². The number of carbonyl (C=O) groups is 1. The number of rotatable bonds is 2. The Hall–Kier alpha value is -1.90. The maximum atomic E-state index is 11.3. The van der Waals surface area contributed by atoms with Gasteiger partial charge in [0.05, 0.1) is 12.5 Å². The number of hydrogen-bond acceptors (Lipinski definition) is 3. The maximum Gasteiger partial charge on any atom is 0.356 e. The summed E-state index contributed by atoms with van der Waals surface area (Å²) >= 11 is 0. The largest absolute Gasteiger partial charge is 0.464 e. The van der Waals surface area contributed by atoms with Crippen molar-refractivity contribution in [3.8, 4) is 0 Å². The third-order valence-electron chi connectivity index (χ3n) is 2.11. The molecule has 0 atom stereocenters. The Morgan fingerprint density at radius 1 is 1.38 bits per heavy atom. The number of ether oxygens (including phenoxy) is 1. The van der Waals surface area contributed by atoms with Crippen molar-refractivity contribution in [1.82, 2.24) is 4.98 Å². The maximum absolute atomic E-state index is 11.3. The average molecular weight is 217 g/mol. The van der Waals surface area contributed by atoms with E-state index < -0.39 is 5.97 Å². The molecule has 1 aromatic rings. The zero-order valence-electron chi connectivity index (χ0n) is 9.73. The molecule has 1 aromatic heterocycles. The van der Waals surface area contributed by atoms with E-state index in [0.29, 0.717) is 5.69 Å². The summed E-state index contributed by atoms with van der Waals surface area (Å²) in [4.78, 5) is 15.6. The summed E-state index contributed by atoms with van der Waals surface area (Å²) in [5.74, 6) is -0.419. The molecule has 3 nitrogen and oxygen atoms in total. The van der Waals surface area contributed by atoms with Crippen LogP contribution in [0.25, 0.3) is 12.2 Å². The molecule has 1 rings (SSSR count). The fourth-order valence-electron chi connectivity index (χ4n) is 1.27. The van der Waals surface area contributed by atoms with E-state index in [4.69, 9.17) is 0 Å². The molecule has 0 aromatic carbocycles. The van der Waals surface area contributed by atoms with Crippen LogP contribution in [0, 0.1) is 0 Å². The summed E-state index contributed by atoms with van der Waals surface area (Å²) in [6.07, 6.45) is 7.60. The van der Waals surface area contributed by atoms with Crippen LogP contribution in [0.5, 0.6) is 0 Å². The Balaban J connectivity index is 3.39. The number of hydrogen-bond donors (Lipinski definition) is 0. The Labute approximate surface area is 94.8 Å². The second-order valence-corrected chi connectivity index (χ2v) is 3.14. The van der Waals surface area contributed by atoms with Gasteiger partial charge in [0.15, 0.2) is 0 Å². The predicted octanol–water partition coefficient (Wildman–Crippen LogP) is 1.03. The van der Waals surface area contributed by atoms with Gasteiger partial charge in [0.25, 0.3) is 0 Å². The minimum absolute atomic E-state index is 0.323. The monoisotopic (exact) mass is 217 g/mol. The Bertz CT molecular complexity index is 515. The molecule has 1 heterocycles. The molecule has 0 saturated carbocycles. The Morgan fingerprint density at radius 3 is 2.69 bits per heavy atom. The summed E-state index contributed by atoms with van der Waals surface area (Å²) in [5, 5.41) is 1.76. The van der Waals surface area contributed by atoms with E-state index in [1.807, 2.05) is 44.2 Å². The second-order valence-electron chi connectivity index (χ2n) is 3.14. The molecule has 0 saturated heterocycles. The molecule has 3 heteroatoms. The van der Waals surface area contributed by atoms with Crippen molar-refractivity contribution in [3.05, 3.63) is 40.5 Å². The molecule has 84 valence electrons. The van der Waals surface area contributed by atoms with E-state index in [1.54, 1.807) is 6.07 Å². The van der Waals surface area contributed by atoms with Crippen LogP contribution in [-0.4, -0.2) is 18.1 Å². The van der Waals surface area contributed by atoms with Crippen molar-refractivity contribution in [2.75, 3.05) is 7.11 Å². The Kier molecular flexibility index (Phi) is 4.45. The molecule has 0 aliphatic heterocycles. The molecule has 16 heavy (non-hydrogen) atoms. The number of nitrogens with zero attached hydrogens (tertiary/aromatic N) is 1. The second kappa shape index (κ2) is 5.85. The smallest absolute Gasteiger partial charge is 0.356 e. The summed E-state index contributed by atoms with van der Waals surface area (Å²) in [5.41, 5.74) is 0.323.